The van der Waals surface area contributed by atoms with E-state index in [1.54, 1.807) is 13.0 Å². The van der Waals surface area contributed by atoms with Crippen molar-refractivity contribution in [2.75, 3.05) is 0 Å². The Bertz CT molecular complexity index is 391. The molecule has 0 fully saturated rings. The highest BCUT2D eigenvalue weighted by molar-refractivity contribution is 6.31. The van der Waals surface area contributed by atoms with E-state index in [1.807, 2.05) is 0 Å². The van der Waals surface area contributed by atoms with E-state index in [4.69, 9.17) is 16.7 Å². The van der Waals surface area contributed by atoms with E-state index in [9.17, 15) is 13.6 Å². The van der Waals surface area contributed by atoms with E-state index in [1.165, 1.54) is 12.1 Å². The average Bonchev–Trinajstić information content (AvgIpc) is 2.10. The van der Waals surface area contributed by atoms with Crippen LogP contribution in [0.4, 0.5) is 8.78 Å². The van der Waals surface area contributed by atoms with Gasteiger partial charge in [0.1, 0.15) is 0 Å². The third-order valence-corrected chi connectivity index (χ3v) is 2.30. The van der Waals surface area contributed by atoms with Crippen molar-refractivity contribution in [3.8, 4) is 0 Å². The second kappa shape index (κ2) is 4.14. The van der Waals surface area contributed by atoms with Gasteiger partial charge in [-0.25, -0.2) is 4.79 Å². The number of hydrogen-bond donors (Lipinski definition) is 1. The second-order valence-electron chi connectivity index (χ2n) is 3.28. The zero-order valence-corrected chi connectivity index (χ0v) is 8.68. The summed E-state index contributed by atoms with van der Waals surface area (Å²) in [5.74, 6) is -5.92. The quantitative estimate of drug-likeness (QED) is 0.873. The average molecular weight is 235 g/mol. The summed E-state index contributed by atoms with van der Waals surface area (Å²) in [6.07, 6.45) is -0.886. The normalized spacial score (nSPS) is 11.5. The zero-order chi connectivity index (χ0) is 11.6. The zero-order valence-electron chi connectivity index (χ0n) is 7.93. The molecular weight excluding hydrogens is 226 g/mol. The van der Waals surface area contributed by atoms with Gasteiger partial charge in [0.15, 0.2) is 0 Å². The van der Waals surface area contributed by atoms with Crippen LogP contribution in [0.5, 0.6) is 0 Å². The number of rotatable bonds is 3. The molecule has 1 aromatic rings. The van der Waals surface area contributed by atoms with Crippen molar-refractivity contribution in [3.63, 3.8) is 0 Å². The Morgan fingerprint density at radius 2 is 2.13 bits per heavy atom. The van der Waals surface area contributed by atoms with Crippen LogP contribution in [-0.2, 0) is 11.2 Å². The molecule has 0 aliphatic carbocycles. The van der Waals surface area contributed by atoms with Crippen molar-refractivity contribution >= 4 is 17.6 Å². The van der Waals surface area contributed by atoms with Crippen LogP contribution in [0.1, 0.15) is 11.1 Å². The molecule has 0 unspecified atom stereocenters. The molecule has 1 aromatic carbocycles. The summed E-state index contributed by atoms with van der Waals surface area (Å²) in [6, 6.07) is 4.61. The molecule has 2 nitrogen and oxygen atoms in total. The molecular formula is C10H9ClF2O2. The fourth-order valence-corrected chi connectivity index (χ4v) is 1.34. The number of carboxylic acids is 1. The van der Waals surface area contributed by atoms with Crippen molar-refractivity contribution < 1.29 is 18.7 Å². The van der Waals surface area contributed by atoms with Gasteiger partial charge in [-0.3, -0.25) is 0 Å². The number of aliphatic carboxylic acids is 1. The Morgan fingerprint density at radius 3 is 2.67 bits per heavy atom. The van der Waals surface area contributed by atoms with Crippen LogP contribution < -0.4 is 0 Å². The van der Waals surface area contributed by atoms with E-state index in [-0.39, 0.29) is 10.6 Å². The van der Waals surface area contributed by atoms with Gasteiger partial charge in [0.2, 0.25) is 0 Å². The maximum absolute atomic E-state index is 12.9. The third kappa shape index (κ3) is 2.89. The molecule has 0 aliphatic heterocycles. The van der Waals surface area contributed by atoms with Crippen molar-refractivity contribution in [1.82, 2.24) is 0 Å². The van der Waals surface area contributed by atoms with Gasteiger partial charge in [-0.1, -0.05) is 29.3 Å². The molecule has 0 amide bonds. The maximum Gasteiger partial charge on any atom is 0.374 e. The Labute approximate surface area is 90.5 Å². The molecule has 0 aromatic heterocycles. The molecule has 0 spiro atoms. The second-order valence-corrected chi connectivity index (χ2v) is 3.69. The van der Waals surface area contributed by atoms with Crippen molar-refractivity contribution in [2.45, 2.75) is 19.3 Å². The van der Waals surface area contributed by atoms with Gasteiger partial charge in [0.05, 0.1) is 0 Å². The van der Waals surface area contributed by atoms with Crippen LogP contribution >= 0.6 is 11.6 Å². The van der Waals surface area contributed by atoms with Crippen LogP contribution in [0, 0.1) is 6.92 Å². The summed E-state index contributed by atoms with van der Waals surface area (Å²) in [6.45, 7) is 1.72. The lowest BCUT2D eigenvalue weighted by Gasteiger charge is -2.12. The topological polar surface area (TPSA) is 37.3 Å². The first-order chi connectivity index (χ1) is 6.83. The van der Waals surface area contributed by atoms with Crippen LogP contribution in [0.25, 0.3) is 0 Å². The molecule has 82 valence electrons. The van der Waals surface area contributed by atoms with Gasteiger partial charge in [-0.2, -0.15) is 8.78 Å². The number of benzene rings is 1. The lowest BCUT2D eigenvalue weighted by molar-refractivity contribution is -0.164. The SMILES string of the molecule is Cc1ccc(Cl)c(CC(F)(F)C(=O)O)c1. The minimum absolute atomic E-state index is 0.143. The van der Waals surface area contributed by atoms with E-state index >= 15 is 0 Å². The summed E-state index contributed by atoms with van der Waals surface area (Å²) in [7, 11) is 0. The minimum atomic E-state index is -3.78. The lowest BCUT2D eigenvalue weighted by atomic mass is 10.0. The molecule has 0 saturated carbocycles. The molecule has 0 heterocycles. The van der Waals surface area contributed by atoms with Crippen molar-refractivity contribution in [3.05, 3.63) is 34.3 Å². The molecule has 1 N–H and O–H groups in total. The van der Waals surface area contributed by atoms with Crippen molar-refractivity contribution in [2.24, 2.45) is 0 Å². The maximum atomic E-state index is 12.9. The van der Waals surface area contributed by atoms with Crippen LogP contribution in [0.3, 0.4) is 0 Å². The van der Waals surface area contributed by atoms with Crippen molar-refractivity contribution in [1.29, 1.82) is 0 Å². The predicted octanol–water partition coefficient (Wildman–Crippen LogP) is 2.91. The molecule has 15 heavy (non-hydrogen) atoms. The summed E-state index contributed by atoms with van der Waals surface area (Å²) in [4.78, 5) is 10.2. The fourth-order valence-electron chi connectivity index (χ4n) is 1.15. The Hall–Kier alpha value is -1.16. The Morgan fingerprint density at radius 1 is 1.53 bits per heavy atom. The van der Waals surface area contributed by atoms with Crippen LogP contribution in [0.15, 0.2) is 18.2 Å². The lowest BCUT2D eigenvalue weighted by Crippen LogP contribution is -2.30. The molecule has 1 rings (SSSR count). The Balaban J connectivity index is 2.99. The largest absolute Gasteiger partial charge is 0.477 e. The summed E-state index contributed by atoms with van der Waals surface area (Å²) in [5, 5.41) is 8.42. The number of alkyl halides is 2. The number of carbonyl (C=O) groups is 1. The molecule has 0 aliphatic rings. The predicted molar refractivity (Wildman–Crippen MR) is 52.5 cm³/mol. The van der Waals surface area contributed by atoms with Crippen LogP contribution in [0.2, 0.25) is 5.02 Å². The van der Waals surface area contributed by atoms with Crippen LogP contribution in [-0.4, -0.2) is 17.0 Å². The number of aryl methyl sites for hydroxylation is 1. The van der Waals surface area contributed by atoms with Gasteiger partial charge in [-0.05, 0) is 18.6 Å². The molecule has 0 radical (unpaired) electrons. The first kappa shape index (κ1) is 11.9. The summed E-state index contributed by atoms with van der Waals surface area (Å²) < 4.78 is 25.8. The monoisotopic (exact) mass is 234 g/mol. The first-order valence-electron chi connectivity index (χ1n) is 4.19. The fraction of sp³-hybridized carbons (Fsp3) is 0.300. The van der Waals surface area contributed by atoms with E-state index < -0.39 is 18.3 Å². The summed E-state index contributed by atoms with van der Waals surface area (Å²) in [5.41, 5.74) is 0.902. The van der Waals surface area contributed by atoms with Gasteiger partial charge >= 0.3 is 11.9 Å². The smallest absolute Gasteiger partial charge is 0.374 e. The molecule has 0 bridgehead atoms. The van der Waals surface area contributed by atoms with E-state index in [2.05, 4.69) is 0 Å². The number of halogens is 3. The molecule has 5 heteroatoms. The highest BCUT2D eigenvalue weighted by atomic mass is 35.5. The standard InChI is InChI=1S/C10H9ClF2O2/c1-6-2-3-8(11)7(4-6)5-10(12,13)9(14)15/h2-4H,5H2,1H3,(H,14,15). The third-order valence-electron chi connectivity index (χ3n) is 1.93. The highest BCUT2D eigenvalue weighted by Gasteiger charge is 2.39. The van der Waals surface area contributed by atoms with E-state index in [0.29, 0.717) is 0 Å². The van der Waals surface area contributed by atoms with Gasteiger partial charge in [0, 0.05) is 11.4 Å². The summed E-state index contributed by atoms with van der Waals surface area (Å²) >= 11 is 5.68. The van der Waals surface area contributed by atoms with Gasteiger partial charge < -0.3 is 5.11 Å². The molecule has 0 atom stereocenters. The molecule has 0 saturated heterocycles. The van der Waals surface area contributed by atoms with E-state index in [0.717, 1.165) is 5.56 Å². The van der Waals surface area contributed by atoms with Gasteiger partial charge in [-0.15, -0.1) is 0 Å². The minimum Gasteiger partial charge on any atom is -0.477 e. The van der Waals surface area contributed by atoms with Gasteiger partial charge in [0.25, 0.3) is 0 Å². The number of carboxylic acid groups (broad SMARTS) is 1. The Kier molecular flexibility index (Phi) is 3.29. The number of hydrogen-bond acceptors (Lipinski definition) is 1. The first-order valence-corrected chi connectivity index (χ1v) is 4.57. The highest BCUT2D eigenvalue weighted by Crippen LogP contribution is 2.26.